The Balaban J connectivity index is 2.10. The maximum Gasteiger partial charge on any atom is 0.126 e. The number of aromatic nitrogens is 2. The monoisotopic (exact) mass is 304 g/mol. The molecule has 0 spiro atoms. The van der Waals surface area contributed by atoms with Crippen LogP contribution in [0.4, 0.5) is 0 Å². The topological polar surface area (TPSA) is 25.8 Å². The molecule has 2 aromatic heterocycles. The summed E-state index contributed by atoms with van der Waals surface area (Å²) in [5.41, 5.74) is 3.10. The largest absolute Gasteiger partial charge is 0.263 e. The van der Waals surface area contributed by atoms with Gasteiger partial charge in [-0.05, 0) is 12.3 Å². The summed E-state index contributed by atoms with van der Waals surface area (Å²) in [6, 6.07) is 8.25. The van der Waals surface area contributed by atoms with Crippen LogP contribution in [-0.4, -0.2) is 9.97 Å². The maximum absolute atomic E-state index is 4.78. The van der Waals surface area contributed by atoms with Crippen molar-refractivity contribution in [2.24, 2.45) is 0 Å². The zero-order chi connectivity index (χ0) is 15.4. The van der Waals surface area contributed by atoms with E-state index >= 15 is 0 Å². The fraction of sp³-hybridized carbons (Fsp3) is 0.0526. The van der Waals surface area contributed by atoms with Gasteiger partial charge in [0, 0.05) is 34.3 Å². The van der Waals surface area contributed by atoms with E-state index in [-0.39, 0.29) is 0 Å². The van der Waals surface area contributed by atoms with E-state index in [4.69, 9.17) is 4.98 Å². The molecule has 0 saturated carbocycles. The van der Waals surface area contributed by atoms with Gasteiger partial charge in [0.15, 0.2) is 0 Å². The van der Waals surface area contributed by atoms with Gasteiger partial charge < -0.3 is 0 Å². The second-order valence-corrected chi connectivity index (χ2v) is 5.66. The maximum atomic E-state index is 4.78. The Bertz CT molecular complexity index is 867. The van der Waals surface area contributed by atoms with Crippen molar-refractivity contribution in [2.45, 2.75) is 6.92 Å². The summed E-state index contributed by atoms with van der Waals surface area (Å²) in [5, 5.41) is 5.37. The van der Waals surface area contributed by atoms with Crippen molar-refractivity contribution in [2.75, 3.05) is 0 Å². The lowest BCUT2D eigenvalue weighted by Gasteiger charge is -2.02. The molecule has 3 heteroatoms. The lowest BCUT2D eigenvalue weighted by atomic mass is 10.1. The first-order valence-corrected chi connectivity index (χ1v) is 7.96. The van der Waals surface area contributed by atoms with Gasteiger partial charge >= 0.3 is 0 Å². The predicted molar refractivity (Wildman–Crippen MR) is 95.8 cm³/mol. The molecule has 2 nitrogen and oxygen atoms in total. The molecule has 0 aliphatic carbocycles. The number of thiazole rings is 1. The van der Waals surface area contributed by atoms with Gasteiger partial charge in [0.05, 0.1) is 5.69 Å². The van der Waals surface area contributed by atoms with Crippen molar-refractivity contribution in [3.63, 3.8) is 0 Å². The van der Waals surface area contributed by atoms with E-state index in [9.17, 15) is 0 Å². The molecular weight excluding hydrogens is 288 g/mol. The Morgan fingerprint density at radius 3 is 2.91 bits per heavy atom. The molecule has 0 N–H and O–H groups in total. The van der Waals surface area contributed by atoms with Crippen LogP contribution in [0.1, 0.15) is 12.6 Å². The lowest BCUT2D eigenvalue weighted by Crippen LogP contribution is -1.85. The zero-order valence-corrected chi connectivity index (χ0v) is 13.2. The Morgan fingerprint density at radius 1 is 1.23 bits per heavy atom. The molecule has 3 aromatic rings. The van der Waals surface area contributed by atoms with Gasteiger partial charge in [-0.2, -0.15) is 0 Å². The molecule has 0 radical (unpaired) electrons. The molecule has 3 rings (SSSR count). The van der Waals surface area contributed by atoms with Crippen LogP contribution in [0.2, 0.25) is 0 Å². The lowest BCUT2D eigenvalue weighted by molar-refractivity contribution is 1.32. The number of allylic oxidation sites excluding steroid dienone is 5. The van der Waals surface area contributed by atoms with Gasteiger partial charge in [0.2, 0.25) is 0 Å². The summed E-state index contributed by atoms with van der Waals surface area (Å²) in [5.74, 6) is 0. The number of rotatable bonds is 4. The number of fused-ring (bicyclic) bond motifs is 1. The summed E-state index contributed by atoms with van der Waals surface area (Å²) < 4.78 is 0. The molecule has 0 amide bonds. The van der Waals surface area contributed by atoms with Crippen LogP contribution in [0, 0.1) is 0 Å². The summed E-state index contributed by atoms with van der Waals surface area (Å²) in [6.07, 6.45) is 11.6. The third kappa shape index (κ3) is 2.76. The minimum atomic E-state index is 0.964. The highest BCUT2D eigenvalue weighted by Gasteiger charge is 2.10. The minimum absolute atomic E-state index is 0.964. The SMILES string of the molecule is C=C/C=C(\C=C/C)c1csc(-c2cncc3ccccc23)n1. The van der Waals surface area contributed by atoms with Crippen molar-refractivity contribution >= 4 is 27.7 Å². The third-order valence-electron chi connectivity index (χ3n) is 3.34. The molecule has 0 fully saturated rings. The normalized spacial score (nSPS) is 12.1. The number of nitrogens with zero attached hydrogens (tertiary/aromatic N) is 2. The number of pyridine rings is 1. The second-order valence-electron chi connectivity index (χ2n) is 4.80. The fourth-order valence-electron chi connectivity index (χ4n) is 2.35. The molecule has 108 valence electrons. The Labute approximate surface area is 134 Å². The second kappa shape index (κ2) is 6.50. The van der Waals surface area contributed by atoms with Crippen molar-refractivity contribution in [1.29, 1.82) is 0 Å². The molecule has 22 heavy (non-hydrogen) atoms. The van der Waals surface area contributed by atoms with E-state index < -0.39 is 0 Å². The number of benzene rings is 1. The van der Waals surface area contributed by atoms with Crippen molar-refractivity contribution in [3.8, 4) is 10.6 Å². The summed E-state index contributed by atoms with van der Waals surface area (Å²) in [6.45, 7) is 5.77. The molecule has 2 heterocycles. The van der Waals surface area contributed by atoms with Crippen LogP contribution < -0.4 is 0 Å². The quantitative estimate of drug-likeness (QED) is 0.594. The predicted octanol–water partition coefficient (Wildman–Crippen LogP) is 5.50. The minimum Gasteiger partial charge on any atom is -0.263 e. The van der Waals surface area contributed by atoms with E-state index in [1.165, 1.54) is 5.39 Å². The molecule has 0 atom stereocenters. The number of hydrogen-bond acceptors (Lipinski definition) is 3. The van der Waals surface area contributed by atoms with Gasteiger partial charge in [-0.15, -0.1) is 11.3 Å². The van der Waals surface area contributed by atoms with Crippen molar-refractivity contribution in [1.82, 2.24) is 9.97 Å². The van der Waals surface area contributed by atoms with Gasteiger partial charge in [0.1, 0.15) is 5.01 Å². The Hall–Kier alpha value is -2.52. The van der Waals surface area contributed by atoms with E-state index in [0.29, 0.717) is 0 Å². The standard InChI is InChI=1S/C19H16N2S/c1-3-7-14(8-4-2)18-13-22-19(21-18)17-12-20-11-15-9-5-6-10-16(15)17/h3-13H,1H2,2H3/b8-4-,14-7+. The van der Waals surface area contributed by atoms with Crippen LogP contribution >= 0.6 is 11.3 Å². The Kier molecular flexibility index (Phi) is 4.26. The molecule has 1 aromatic carbocycles. The molecule has 0 aliphatic rings. The van der Waals surface area contributed by atoms with Crippen LogP contribution in [0.15, 0.2) is 72.9 Å². The van der Waals surface area contributed by atoms with E-state index in [1.54, 1.807) is 17.4 Å². The smallest absolute Gasteiger partial charge is 0.126 e. The van der Waals surface area contributed by atoms with Crippen LogP contribution in [0.25, 0.3) is 26.9 Å². The highest BCUT2D eigenvalue weighted by atomic mass is 32.1. The third-order valence-corrected chi connectivity index (χ3v) is 4.22. The van der Waals surface area contributed by atoms with Gasteiger partial charge in [0.25, 0.3) is 0 Å². The average molecular weight is 304 g/mol. The van der Waals surface area contributed by atoms with Gasteiger partial charge in [-0.1, -0.05) is 55.1 Å². The summed E-state index contributed by atoms with van der Waals surface area (Å²) in [7, 11) is 0. The van der Waals surface area contributed by atoms with Crippen LogP contribution in [0.3, 0.4) is 0 Å². The van der Waals surface area contributed by atoms with Crippen LogP contribution in [-0.2, 0) is 0 Å². The summed E-state index contributed by atoms with van der Waals surface area (Å²) >= 11 is 1.64. The first kappa shape index (κ1) is 14.4. The first-order valence-electron chi connectivity index (χ1n) is 7.08. The van der Waals surface area contributed by atoms with Crippen molar-refractivity contribution in [3.05, 3.63) is 78.6 Å². The molecule has 0 unspecified atom stereocenters. The summed E-state index contributed by atoms with van der Waals surface area (Å²) in [4.78, 5) is 9.12. The average Bonchev–Trinajstić information content (AvgIpc) is 3.04. The van der Waals surface area contributed by atoms with Crippen molar-refractivity contribution < 1.29 is 0 Å². The van der Waals surface area contributed by atoms with E-state index in [0.717, 1.165) is 27.2 Å². The van der Waals surface area contributed by atoms with Gasteiger partial charge in [-0.25, -0.2) is 4.98 Å². The number of hydrogen-bond donors (Lipinski definition) is 0. The molecular formula is C19H16N2S. The van der Waals surface area contributed by atoms with Crippen LogP contribution in [0.5, 0.6) is 0 Å². The highest BCUT2D eigenvalue weighted by Crippen LogP contribution is 2.31. The van der Waals surface area contributed by atoms with Gasteiger partial charge in [-0.3, -0.25) is 4.98 Å². The fourth-order valence-corrected chi connectivity index (χ4v) is 3.20. The molecule has 0 aliphatic heterocycles. The zero-order valence-electron chi connectivity index (χ0n) is 12.4. The highest BCUT2D eigenvalue weighted by molar-refractivity contribution is 7.13. The first-order chi connectivity index (χ1) is 10.8. The molecule has 0 saturated heterocycles. The van der Waals surface area contributed by atoms with E-state index in [1.807, 2.05) is 49.7 Å². The van der Waals surface area contributed by atoms with E-state index in [2.05, 4.69) is 29.1 Å². The molecule has 0 bridgehead atoms. The Morgan fingerprint density at radius 2 is 2.09 bits per heavy atom.